The van der Waals surface area contributed by atoms with Gasteiger partial charge in [0.1, 0.15) is 5.75 Å². The van der Waals surface area contributed by atoms with Gasteiger partial charge in [0.05, 0.1) is 7.11 Å². The first kappa shape index (κ1) is 18.9. The van der Waals surface area contributed by atoms with E-state index in [1.807, 2.05) is 6.92 Å². The summed E-state index contributed by atoms with van der Waals surface area (Å²) in [5.74, 6) is 0.974. The van der Waals surface area contributed by atoms with Crippen molar-refractivity contribution in [2.45, 2.75) is 40.3 Å². The topological polar surface area (TPSA) is 33.7 Å². The van der Waals surface area contributed by atoms with Crippen molar-refractivity contribution in [3.05, 3.63) is 29.3 Å². The fourth-order valence-corrected chi connectivity index (χ4v) is 2.41. The number of hydrogen-bond acceptors (Lipinski definition) is 4. The first-order valence-electron chi connectivity index (χ1n) is 8.41. The summed E-state index contributed by atoms with van der Waals surface area (Å²) in [5.41, 5.74) is 2.52. The van der Waals surface area contributed by atoms with E-state index in [0.717, 1.165) is 58.1 Å². The molecule has 0 aliphatic heterocycles. The molecule has 0 saturated carbocycles. The highest BCUT2D eigenvalue weighted by atomic mass is 16.5. The van der Waals surface area contributed by atoms with Gasteiger partial charge < -0.3 is 14.8 Å². The fourth-order valence-electron chi connectivity index (χ4n) is 2.41. The minimum atomic E-state index is 0.793. The monoisotopic (exact) mass is 308 g/mol. The molecule has 1 aromatic carbocycles. The molecule has 0 amide bonds. The number of nitrogens with one attached hydrogen (secondary N) is 1. The average molecular weight is 308 g/mol. The maximum atomic E-state index is 5.55. The van der Waals surface area contributed by atoms with Crippen LogP contribution in [0.1, 0.15) is 38.3 Å². The lowest BCUT2D eigenvalue weighted by Crippen LogP contribution is -2.22. The molecule has 1 aromatic rings. The Hall–Kier alpha value is -1.10. The molecule has 0 fully saturated rings. The molecule has 0 aromatic heterocycles. The fraction of sp³-hybridized carbons (Fsp3) is 0.667. The molecule has 0 saturated heterocycles. The van der Waals surface area contributed by atoms with Crippen LogP contribution in [0, 0.1) is 0 Å². The number of nitrogens with zero attached hydrogens (tertiary/aromatic N) is 1. The van der Waals surface area contributed by atoms with E-state index in [4.69, 9.17) is 9.47 Å². The molecule has 4 nitrogen and oxygen atoms in total. The number of hydrogen-bond donors (Lipinski definition) is 1. The molecule has 1 rings (SSSR count). The van der Waals surface area contributed by atoms with Crippen LogP contribution in [0.5, 0.6) is 5.75 Å². The van der Waals surface area contributed by atoms with E-state index in [1.165, 1.54) is 11.1 Å². The third-order valence-corrected chi connectivity index (χ3v) is 3.81. The van der Waals surface area contributed by atoms with Crippen LogP contribution in [0.15, 0.2) is 18.2 Å². The van der Waals surface area contributed by atoms with E-state index < -0.39 is 0 Å². The van der Waals surface area contributed by atoms with Crippen molar-refractivity contribution in [3.63, 3.8) is 0 Å². The third-order valence-electron chi connectivity index (χ3n) is 3.81. The molecule has 1 N–H and O–H groups in total. The molecule has 22 heavy (non-hydrogen) atoms. The van der Waals surface area contributed by atoms with Gasteiger partial charge in [0.15, 0.2) is 0 Å². The minimum absolute atomic E-state index is 0.793. The summed E-state index contributed by atoms with van der Waals surface area (Å²) in [6.45, 7) is 13.0. The third kappa shape index (κ3) is 6.77. The molecule has 126 valence electrons. The van der Waals surface area contributed by atoms with Gasteiger partial charge in [-0.05, 0) is 44.6 Å². The van der Waals surface area contributed by atoms with Gasteiger partial charge in [-0.2, -0.15) is 0 Å². The largest absolute Gasteiger partial charge is 0.496 e. The Morgan fingerprint density at radius 3 is 2.55 bits per heavy atom. The van der Waals surface area contributed by atoms with E-state index in [0.29, 0.717) is 0 Å². The lowest BCUT2D eigenvalue weighted by molar-refractivity contribution is 0.144. The summed E-state index contributed by atoms with van der Waals surface area (Å²) in [4.78, 5) is 2.40. The SMILES string of the molecule is CCOCCCNCc1ccc(CN(CC)CC)cc1OC. The van der Waals surface area contributed by atoms with Gasteiger partial charge in [-0.15, -0.1) is 0 Å². The molecular formula is C18H32N2O2. The molecule has 0 radical (unpaired) electrons. The van der Waals surface area contributed by atoms with Gasteiger partial charge in [0.2, 0.25) is 0 Å². The Kier molecular flexibility index (Phi) is 9.87. The Balaban J connectivity index is 2.50. The second kappa shape index (κ2) is 11.5. The van der Waals surface area contributed by atoms with Gasteiger partial charge in [0, 0.05) is 31.9 Å². The Bertz CT molecular complexity index is 406. The van der Waals surface area contributed by atoms with Crippen molar-refractivity contribution in [1.82, 2.24) is 10.2 Å². The van der Waals surface area contributed by atoms with Crippen molar-refractivity contribution in [3.8, 4) is 5.75 Å². The lowest BCUT2D eigenvalue weighted by atomic mass is 10.1. The van der Waals surface area contributed by atoms with Crippen LogP contribution in [0.3, 0.4) is 0 Å². The average Bonchev–Trinajstić information content (AvgIpc) is 2.56. The quantitative estimate of drug-likeness (QED) is 0.602. The Labute approximate surface area is 135 Å². The van der Waals surface area contributed by atoms with Crippen molar-refractivity contribution < 1.29 is 9.47 Å². The first-order chi connectivity index (χ1) is 10.7. The van der Waals surface area contributed by atoms with Crippen LogP contribution in [0.4, 0.5) is 0 Å². The van der Waals surface area contributed by atoms with E-state index in [2.05, 4.69) is 42.3 Å². The second-order valence-electron chi connectivity index (χ2n) is 5.33. The highest BCUT2D eigenvalue weighted by Crippen LogP contribution is 2.21. The number of benzene rings is 1. The predicted molar refractivity (Wildman–Crippen MR) is 92.4 cm³/mol. The normalized spacial score (nSPS) is 11.1. The zero-order valence-corrected chi connectivity index (χ0v) is 14.7. The summed E-state index contributed by atoms with van der Waals surface area (Å²) >= 11 is 0. The van der Waals surface area contributed by atoms with Crippen molar-refractivity contribution in [1.29, 1.82) is 0 Å². The number of rotatable bonds is 12. The summed E-state index contributed by atoms with van der Waals surface area (Å²) < 4.78 is 10.9. The van der Waals surface area contributed by atoms with Crippen molar-refractivity contribution >= 4 is 0 Å². The highest BCUT2D eigenvalue weighted by molar-refractivity contribution is 5.37. The molecule has 4 heteroatoms. The molecule has 0 unspecified atom stereocenters. The maximum absolute atomic E-state index is 5.55. The van der Waals surface area contributed by atoms with Crippen LogP contribution in [-0.4, -0.2) is 44.9 Å². The molecule has 0 heterocycles. The van der Waals surface area contributed by atoms with Crippen LogP contribution >= 0.6 is 0 Å². The number of ether oxygens (including phenoxy) is 2. The van der Waals surface area contributed by atoms with Crippen molar-refractivity contribution in [2.75, 3.05) is 40.0 Å². The van der Waals surface area contributed by atoms with Crippen molar-refractivity contribution in [2.24, 2.45) is 0 Å². The zero-order valence-electron chi connectivity index (χ0n) is 14.7. The second-order valence-corrected chi connectivity index (χ2v) is 5.33. The molecule has 0 atom stereocenters. The molecular weight excluding hydrogens is 276 g/mol. The molecule has 0 spiro atoms. The Morgan fingerprint density at radius 1 is 1.14 bits per heavy atom. The summed E-state index contributed by atoms with van der Waals surface area (Å²) in [6.07, 6.45) is 1.04. The molecule has 0 bridgehead atoms. The van der Waals surface area contributed by atoms with Crippen LogP contribution in [-0.2, 0) is 17.8 Å². The summed E-state index contributed by atoms with van der Waals surface area (Å²) in [5, 5.41) is 3.45. The lowest BCUT2D eigenvalue weighted by Gasteiger charge is -2.19. The van der Waals surface area contributed by atoms with Gasteiger partial charge in [-0.1, -0.05) is 26.0 Å². The summed E-state index contributed by atoms with van der Waals surface area (Å²) in [7, 11) is 1.75. The minimum Gasteiger partial charge on any atom is -0.496 e. The van der Waals surface area contributed by atoms with Crippen LogP contribution < -0.4 is 10.1 Å². The zero-order chi connectivity index (χ0) is 16.2. The van der Waals surface area contributed by atoms with Crippen LogP contribution in [0.25, 0.3) is 0 Å². The van der Waals surface area contributed by atoms with Gasteiger partial charge >= 0.3 is 0 Å². The van der Waals surface area contributed by atoms with Gasteiger partial charge in [0.25, 0.3) is 0 Å². The molecule has 0 aliphatic rings. The number of methoxy groups -OCH3 is 1. The molecule has 0 aliphatic carbocycles. The predicted octanol–water partition coefficient (Wildman–Crippen LogP) is 3.05. The Morgan fingerprint density at radius 2 is 1.91 bits per heavy atom. The van der Waals surface area contributed by atoms with E-state index in [1.54, 1.807) is 7.11 Å². The van der Waals surface area contributed by atoms with Gasteiger partial charge in [-0.25, -0.2) is 0 Å². The van der Waals surface area contributed by atoms with E-state index in [-0.39, 0.29) is 0 Å². The first-order valence-corrected chi connectivity index (χ1v) is 8.41. The standard InChI is InChI=1S/C18H32N2O2/c1-5-20(6-2)15-16-9-10-17(18(13-16)21-4)14-19-11-8-12-22-7-3/h9-10,13,19H,5-8,11-12,14-15H2,1-4H3. The van der Waals surface area contributed by atoms with Gasteiger partial charge in [-0.3, -0.25) is 4.90 Å². The summed E-state index contributed by atoms with van der Waals surface area (Å²) in [6, 6.07) is 6.54. The highest BCUT2D eigenvalue weighted by Gasteiger charge is 2.07. The van der Waals surface area contributed by atoms with E-state index >= 15 is 0 Å². The smallest absolute Gasteiger partial charge is 0.123 e. The van der Waals surface area contributed by atoms with Crippen LogP contribution in [0.2, 0.25) is 0 Å². The van der Waals surface area contributed by atoms with E-state index in [9.17, 15) is 0 Å². The maximum Gasteiger partial charge on any atom is 0.123 e.